The maximum atomic E-state index is 13.4. The molecule has 0 radical (unpaired) electrons. The van der Waals surface area contributed by atoms with E-state index in [1.54, 1.807) is 11.0 Å². The minimum Gasteiger partial charge on any atom is -0.383 e. The lowest BCUT2D eigenvalue weighted by Crippen LogP contribution is -2.46. The van der Waals surface area contributed by atoms with Gasteiger partial charge in [0.2, 0.25) is 0 Å². The largest absolute Gasteiger partial charge is 0.383 e. The molecule has 0 aliphatic carbocycles. The predicted octanol–water partition coefficient (Wildman–Crippen LogP) is 4.33. The van der Waals surface area contributed by atoms with E-state index in [9.17, 15) is 9.59 Å². The van der Waals surface area contributed by atoms with Crippen LogP contribution in [0, 0.1) is 11.8 Å². The van der Waals surface area contributed by atoms with Gasteiger partial charge in [0.25, 0.3) is 0 Å². The zero-order valence-corrected chi connectivity index (χ0v) is 23.4. The van der Waals surface area contributed by atoms with Crippen LogP contribution in [0.1, 0.15) is 63.6 Å². The van der Waals surface area contributed by atoms with E-state index in [-0.39, 0.29) is 6.04 Å². The Labute approximate surface area is 227 Å². The monoisotopic (exact) mass is 520 g/mol. The molecule has 0 spiro atoms. The number of nitrogens with zero attached hydrogens (tertiary/aromatic N) is 4. The molecular formula is C30H44N6O2. The summed E-state index contributed by atoms with van der Waals surface area (Å²) in [5.74, 6) is 0.424. The molecule has 2 aromatic rings. The third-order valence-corrected chi connectivity index (χ3v) is 8.28. The number of nitrogens with two attached hydrogens (primary N) is 1. The van der Waals surface area contributed by atoms with Gasteiger partial charge in [-0.15, -0.1) is 0 Å². The minimum atomic E-state index is -0.633. The topological polar surface area (TPSA) is 94.8 Å². The zero-order chi connectivity index (χ0) is 27.2. The van der Waals surface area contributed by atoms with Crippen molar-refractivity contribution in [3.63, 3.8) is 0 Å². The molecule has 1 aromatic heterocycles. The summed E-state index contributed by atoms with van der Waals surface area (Å²) in [6, 6.07) is 10.3. The maximum absolute atomic E-state index is 13.4. The van der Waals surface area contributed by atoms with Crippen LogP contribution >= 0.6 is 0 Å². The Morgan fingerprint density at radius 3 is 2.47 bits per heavy atom. The van der Waals surface area contributed by atoms with E-state index in [0.29, 0.717) is 30.4 Å². The van der Waals surface area contributed by atoms with Gasteiger partial charge in [-0.05, 0) is 86.9 Å². The van der Waals surface area contributed by atoms with E-state index in [1.165, 1.54) is 31.3 Å². The fourth-order valence-corrected chi connectivity index (χ4v) is 5.76. The molecule has 2 saturated heterocycles. The van der Waals surface area contributed by atoms with E-state index in [4.69, 9.17) is 5.73 Å². The lowest BCUT2D eigenvalue weighted by molar-refractivity contribution is -0.146. The first-order valence-electron chi connectivity index (χ1n) is 14.2. The van der Waals surface area contributed by atoms with Crippen LogP contribution < -0.4 is 16.0 Å². The number of nitrogen functional groups attached to an aromatic ring is 1. The number of anilines is 3. The van der Waals surface area contributed by atoms with Crippen LogP contribution in [0.2, 0.25) is 0 Å². The van der Waals surface area contributed by atoms with E-state index in [1.807, 2.05) is 6.92 Å². The predicted molar refractivity (Wildman–Crippen MR) is 154 cm³/mol. The number of likely N-dealkylation sites (tertiary alicyclic amines) is 1. The van der Waals surface area contributed by atoms with Gasteiger partial charge in [-0.2, -0.15) is 0 Å². The standard InChI is InChI=1S/C30H44N6O2/c1-5-23-17-25(18-32-28(23)31)33-29(37)30(38)36-19-21(3)7-12-27(36)24-8-10-26(11-9-24)35-15-13-22(14-16-35)20-34(4)6-2/h8-11,17-18,21-22,27H,5-7,12-16,19-20H2,1-4H3,(H2,31,32)(H,33,37)/t21-,27+/m0/s1. The van der Waals surface area contributed by atoms with Gasteiger partial charge in [-0.1, -0.05) is 32.9 Å². The molecular weight excluding hydrogens is 476 g/mol. The first-order valence-corrected chi connectivity index (χ1v) is 14.2. The number of aryl methyl sites for hydroxylation is 1. The number of carbonyl (C=O) groups is 2. The van der Waals surface area contributed by atoms with Gasteiger partial charge in [0, 0.05) is 31.9 Å². The number of piperidine rings is 2. The number of amides is 2. The fourth-order valence-electron chi connectivity index (χ4n) is 5.76. The number of aromatic nitrogens is 1. The number of benzene rings is 1. The summed E-state index contributed by atoms with van der Waals surface area (Å²) in [4.78, 5) is 37.1. The van der Waals surface area contributed by atoms with Crippen molar-refractivity contribution in [1.82, 2.24) is 14.8 Å². The minimum absolute atomic E-state index is 0.107. The fraction of sp³-hybridized carbons (Fsp3) is 0.567. The molecule has 1 aromatic carbocycles. The van der Waals surface area contributed by atoms with Gasteiger partial charge < -0.3 is 25.8 Å². The summed E-state index contributed by atoms with van der Waals surface area (Å²) in [5, 5.41) is 2.74. The van der Waals surface area contributed by atoms with Crippen molar-refractivity contribution < 1.29 is 9.59 Å². The molecule has 2 fully saturated rings. The molecule has 206 valence electrons. The van der Waals surface area contributed by atoms with Gasteiger partial charge in [-0.3, -0.25) is 9.59 Å². The zero-order valence-electron chi connectivity index (χ0n) is 23.4. The van der Waals surface area contributed by atoms with E-state index >= 15 is 0 Å². The molecule has 3 N–H and O–H groups in total. The van der Waals surface area contributed by atoms with Crippen molar-refractivity contribution in [2.24, 2.45) is 11.8 Å². The summed E-state index contributed by atoms with van der Waals surface area (Å²) in [7, 11) is 2.20. The highest BCUT2D eigenvalue weighted by atomic mass is 16.2. The van der Waals surface area contributed by atoms with Crippen molar-refractivity contribution in [1.29, 1.82) is 0 Å². The Morgan fingerprint density at radius 1 is 1.11 bits per heavy atom. The Hall–Kier alpha value is -3.13. The Kier molecular flexibility index (Phi) is 9.26. The van der Waals surface area contributed by atoms with Gasteiger partial charge in [0.1, 0.15) is 5.82 Å². The normalized spacial score (nSPS) is 20.6. The molecule has 4 rings (SSSR count). The summed E-state index contributed by atoms with van der Waals surface area (Å²) in [6.07, 6.45) is 6.51. The maximum Gasteiger partial charge on any atom is 0.313 e. The summed E-state index contributed by atoms with van der Waals surface area (Å²) < 4.78 is 0. The van der Waals surface area contributed by atoms with E-state index in [0.717, 1.165) is 49.5 Å². The molecule has 8 heteroatoms. The average Bonchev–Trinajstić information content (AvgIpc) is 2.94. The lowest BCUT2D eigenvalue weighted by atomic mass is 9.89. The number of hydrogen-bond acceptors (Lipinski definition) is 6. The first-order chi connectivity index (χ1) is 18.3. The van der Waals surface area contributed by atoms with Crippen LogP contribution in [0.4, 0.5) is 17.2 Å². The van der Waals surface area contributed by atoms with Crippen LogP contribution in [0.25, 0.3) is 0 Å². The van der Waals surface area contributed by atoms with Crippen molar-refractivity contribution in [3.8, 4) is 0 Å². The Morgan fingerprint density at radius 2 is 1.82 bits per heavy atom. The van der Waals surface area contributed by atoms with E-state index in [2.05, 4.69) is 65.3 Å². The van der Waals surface area contributed by atoms with Crippen molar-refractivity contribution in [2.75, 3.05) is 55.7 Å². The number of hydrogen-bond donors (Lipinski definition) is 2. The Bertz CT molecular complexity index is 1100. The van der Waals surface area contributed by atoms with E-state index < -0.39 is 11.8 Å². The molecule has 2 atom stereocenters. The highest BCUT2D eigenvalue weighted by Gasteiger charge is 2.34. The molecule has 0 unspecified atom stereocenters. The lowest BCUT2D eigenvalue weighted by Gasteiger charge is -2.39. The second-order valence-corrected chi connectivity index (χ2v) is 11.1. The third kappa shape index (κ3) is 6.65. The average molecular weight is 521 g/mol. The quantitative estimate of drug-likeness (QED) is 0.528. The highest BCUT2D eigenvalue weighted by Crippen LogP contribution is 2.35. The third-order valence-electron chi connectivity index (χ3n) is 8.28. The number of pyridine rings is 1. The summed E-state index contributed by atoms with van der Waals surface area (Å²) in [6.45, 7) is 11.3. The summed E-state index contributed by atoms with van der Waals surface area (Å²) in [5.41, 5.74) is 9.55. The number of rotatable bonds is 7. The van der Waals surface area contributed by atoms with Crippen LogP contribution in [-0.4, -0.2) is 66.4 Å². The van der Waals surface area contributed by atoms with Crippen LogP contribution in [0.3, 0.4) is 0 Å². The smallest absolute Gasteiger partial charge is 0.313 e. The van der Waals surface area contributed by atoms with Gasteiger partial charge in [0.05, 0.1) is 17.9 Å². The van der Waals surface area contributed by atoms with Crippen LogP contribution in [0.5, 0.6) is 0 Å². The molecule has 3 heterocycles. The van der Waals surface area contributed by atoms with Crippen LogP contribution in [0.15, 0.2) is 36.5 Å². The van der Waals surface area contributed by atoms with Crippen LogP contribution in [-0.2, 0) is 16.0 Å². The summed E-state index contributed by atoms with van der Waals surface area (Å²) >= 11 is 0. The second kappa shape index (κ2) is 12.6. The molecule has 2 aliphatic rings. The Balaban J connectivity index is 1.41. The van der Waals surface area contributed by atoms with Crippen molar-refractivity contribution in [2.45, 2.75) is 58.9 Å². The number of carbonyl (C=O) groups excluding carboxylic acids is 2. The van der Waals surface area contributed by atoms with Gasteiger partial charge in [-0.25, -0.2) is 4.98 Å². The molecule has 2 aliphatic heterocycles. The van der Waals surface area contributed by atoms with Crippen molar-refractivity contribution in [3.05, 3.63) is 47.7 Å². The molecule has 0 bridgehead atoms. The molecule has 2 amide bonds. The van der Waals surface area contributed by atoms with Crippen molar-refractivity contribution >= 4 is 29.0 Å². The van der Waals surface area contributed by atoms with Gasteiger partial charge >= 0.3 is 11.8 Å². The van der Waals surface area contributed by atoms with Gasteiger partial charge in [0.15, 0.2) is 0 Å². The second-order valence-electron chi connectivity index (χ2n) is 11.1. The highest BCUT2D eigenvalue weighted by molar-refractivity contribution is 6.39. The SMILES string of the molecule is CCc1cc(NC(=O)C(=O)N2C[C@@H](C)CC[C@@H]2c2ccc(N3CCC(CN(C)CC)CC3)cc2)cnc1N. The molecule has 0 saturated carbocycles. The molecule has 8 nitrogen and oxygen atoms in total. The molecule has 38 heavy (non-hydrogen) atoms. The first kappa shape index (κ1) is 27.9. The number of nitrogens with one attached hydrogen (secondary N) is 1.